The number of aromatic nitrogens is 4. The van der Waals surface area contributed by atoms with Crippen LogP contribution in [0.5, 0.6) is 0 Å². The normalized spacial score (nSPS) is 11.1. The Morgan fingerprint density at radius 1 is 0.487 bits per heavy atom. The molecule has 0 aliphatic heterocycles. The molecule has 0 radical (unpaired) electrons. The van der Waals surface area contributed by atoms with E-state index < -0.39 is 0 Å². The number of benzene rings is 5. The zero-order valence-corrected chi connectivity index (χ0v) is 20.9. The Kier molecular flexibility index (Phi) is 5.42. The lowest BCUT2D eigenvalue weighted by Gasteiger charge is -2.13. The van der Waals surface area contributed by atoms with Gasteiger partial charge in [0.05, 0.1) is 22.3 Å². The molecule has 0 fully saturated rings. The average Bonchev–Trinajstić information content (AvgIpc) is 3.36. The fourth-order valence-corrected chi connectivity index (χ4v) is 5.07. The smallest absolute Gasteiger partial charge is 0.164 e. The Hall–Kier alpha value is -5.60. The van der Waals surface area contributed by atoms with Crippen molar-refractivity contribution in [3.8, 4) is 45.9 Å². The SMILES string of the molecule is N#Cc1ccc(-c2nc(-c3ccccc3)nc(-c3ccccc3)n2)cc1-n1c2ccccc2c2ccccc21. The minimum atomic E-state index is 0.550. The van der Waals surface area contributed by atoms with E-state index in [4.69, 9.17) is 15.0 Å². The molecule has 5 aromatic carbocycles. The van der Waals surface area contributed by atoms with Gasteiger partial charge in [-0.2, -0.15) is 5.26 Å². The summed E-state index contributed by atoms with van der Waals surface area (Å²) in [5, 5.41) is 12.4. The van der Waals surface area contributed by atoms with Crippen molar-refractivity contribution in [2.24, 2.45) is 0 Å². The van der Waals surface area contributed by atoms with Gasteiger partial charge in [0.15, 0.2) is 17.5 Å². The molecule has 0 aliphatic carbocycles. The van der Waals surface area contributed by atoms with Crippen LogP contribution >= 0.6 is 0 Å². The molecular weight excluding hydrogens is 478 g/mol. The molecule has 0 aliphatic rings. The molecule has 2 heterocycles. The van der Waals surface area contributed by atoms with Crippen molar-refractivity contribution in [2.45, 2.75) is 0 Å². The second-order valence-corrected chi connectivity index (χ2v) is 9.25. The van der Waals surface area contributed by atoms with Crippen LogP contribution in [0.15, 0.2) is 127 Å². The standard InChI is InChI=1S/C34H21N5/c35-22-26-20-19-25(21-31(26)39-29-17-9-7-15-27(29)28-16-8-10-18-30(28)39)34-37-32(23-11-3-1-4-12-23)36-33(38-34)24-13-5-2-6-14-24/h1-21H. The molecular formula is C34H21N5. The summed E-state index contributed by atoms with van der Waals surface area (Å²) in [6.45, 7) is 0. The fraction of sp³-hybridized carbons (Fsp3) is 0. The summed E-state index contributed by atoms with van der Waals surface area (Å²) in [5.74, 6) is 1.75. The molecule has 0 bridgehead atoms. The van der Waals surface area contributed by atoms with E-state index >= 15 is 0 Å². The minimum absolute atomic E-state index is 0.550. The van der Waals surface area contributed by atoms with Crippen molar-refractivity contribution < 1.29 is 0 Å². The fourth-order valence-electron chi connectivity index (χ4n) is 5.07. The van der Waals surface area contributed by atoms with E-state index in [1.807, 2.05) is 103 Å². The van der Waals surface area contributed by atoms with E-state index in [1.54, 1.807) is 0 Å². The number of nitriles is 1. The van der Waals surface area contributed by atoms with Crippen LogP contribution in [0.1, 0.15) is 5.56 Å². The van der Waals surface area contributed by atoms with Crippen LogP contribution in [0.4, 0.5) is 0 Å². The van der Waals surface area contributed by atoms with E-state index in [-0.39, 0.29) is 0 Å². The van der Waals surface area contributed by atoms with Crippen LogP contribution in [0.2, 0.25) is 0 Å². The molecule has 2 aromatic heterocycles. The largest absolute Gasteiger partial charge is 0.308 e. The molecule has 5 heteroatoms. The third-order valence-corrected chi connectivity index (χ3v) is 6.90. The van der Waals surface area contributed by atoms with Crippen LogP contribution in [-0.2, 0) is 0 Å². The van der Waals surface area contributed by atoms with Crippen LogP contribution in [0, 0.1) is 11.3 Å². The molecule has 39 heavy (non-hydrogen) atoms. The third kappa shape index (κ3) is 3.92. The first-order valence-corrected chi connectivity index (χ1v) is 12.7. The predicted molar refractivity (Wildman–Crippen MR) is 155 cm³/mol. The van der Waals surface area contributed by atoms with Gasteiger partial charge in [-0.1, -0.05) is 97.1 Å². The van der Waals surface area contributed by atoms with Gasteiger partial charge in [0.25, 0.3) is 0 Å². The molecule has 0 spiro atoms. The number of para-hydroxylation sites is 2. The van der Waals surface area contributed by atoms with Gasteiger partial charge < -0.3 is 4.57 Å². The highest BCUT2D eigenvalue weighted by Crippen LogP contribution is 2.34. The van der Waals surface area contributed by atoms with Crippen molar-refractivity contribution in [2.75, 3.05) is 0 Å². The Balaban J connectivity index is 1.48. The van der Waals surface area contributed by atoms with Gasteiger partial charge in [0.2, 0.25) is 0 Å². The first kappa shape index (κ1) is 22.6. The Labute approximate surface area is 225 Å². The van der Waals surface area contributed by atoms with E-state index in [2.05, 4.69) is 34.9 Å². The van der Waals surface area contributed by atoms with E-state index in [1.165, 1.54) is 0 Å². The molecule has 0 unspecified atom stereocenters. The summed E-state index contributed by atoms with van der Waals surface area (Å²) in [4.78, 5) is 14.6. The predicted octanol–water partition coefficient (Wildman–Crippen LogP) is 7.84. The van der Waals surface area contributed by atoms with Crippen molar-refractivity contribution in [1.29, 1.82) is 5.26 Å². The molecule has 0 atom stereocenters. The topological polar surface area (TPSA) is 67.4 Å². The van der Waals surface area contributed by atoms with E-state index in [0.717, 1.165) is 44.2 Å². The van der Waals surface area contributed by atoms with Gasteiger partial charge >= 0.3 is 0 Å². The van der Waals surface area contributed by atoms with Crippen molar-refractivity contribution >= 4 is 21.8 Å². The number of hydrogen-bond acceptors (Lipinski definition) is 4. The molecule has 5 nitrogen and oxygen atoms in total. The van der Waals surface area contributed by atoms with E-state index in [9.17, 15) is 5.26 Å². The van der Waals surface area contributed by atoms with Gasteiger partial charge in [-0.05, 0) is 30.3 Å². The van der Waals surface area contributed by atoms with Gasteiger partial charge in [-0.3, -0.25) is 0 Å². The Morgan fingerprint density at radius 3 is 1.46 bits per heavy atom. The first-order valence-electron chi connectivity index (χ1n) is 12.7. The molecule has 182 valence electrons. The summed E-state index contributed by atoms with van der Waals surface area (Å²) in [6.07, 6.45) is 0. The maximum Gasteiger partial charge on any atom is 0.164 e. The zero-order valence-electron chi connectivity index (χ0n) is 20.9. The van der Waals surface area contributed by atoms with Crippen LogP contribution in [-0.4, -0.2) is 19.5 Å². The number of fused-ring (bicyclic) bond motifs is 3. The molecule has 7 aromatic rings. The molecule has 0 saturated carbocycles. The lowest BCUT2D eigenvalue weighted by Crippen LogP contribution is -2.02. The second kappa shape index (κ2) is 9.37. The summed E-state index contributed by atoms with van der Waals surface area (Å²) in [6, 6.07) is 44.6. The Bertz CT molecular complexity index is 1910. The minimum Gasteiger partial charge on any atom is -0.308 e. The summed E-state index contributed by atoms with van der Waals surface area (Å²) in [7, 11) is 0. The number of nitrogens with zero attached hydrogens (tertiary/aromatic N) is 5. The lowest BCUT2D eigenvalue weighted by molar-refractivity contribution is 1.07. The summed E-state index contributed by atoms with van der Waals surface area (Å²) >= 11 is 0. The van der Waals surface area contributed by atoms with Gasteiger partial charge in [-0.15, -0.1) is 0 Å². The lowest BCUT2D eigenvalue weighted by atomic mass is 10.1. The molecule has 0 N–H and O–H groups in total. The first-order chi connectivity index (χ1) is 19.3. The highest BCUT2D eigenvalue weighted by Gasteiger charge is 2.17. The zero-order chi connectivity index (χ0) is 26.2. The van der Waals surface area contributed by atoms with Crippen molar-refractivity contribution in [3.05, 3.63) is 133 Å². The number of hydrogen-bond donors (Lipinski definition) is 0. The monoisotopic (exact) mass is 499 g/mol. The highest BCUT2D eigenvalue weighted by molar-refractivity contribution is 6.09. The molecule has 0 amide bonds. The van der Waals surface area contributed by atoms with Crippen molar-refractivity contribution in [3.63, 3.8) is 0 Å². The quantitative estimate of drug-likeness (QED) is 0.247. The van der Waals surface area contributed by atoms with Gasteiger partial charge in [0, 0.05) is 27.5 Å². The maximum atomic E-state index is 10.1. The molecule has 0 saturated heterocycles. The van der Waals surface area contributed by atoms with Crippen LogP contribution in [0.25, 0.3) is 61.7 Å². The van der Waals surface area contributed by atoms with Crippen LogP contribution < -0.4 is 0 Å². The molecule has 7 rings (SSSR count). The summed E-state index contributed by atoms with van der Waals surface area (Å²) < 4.78 is 2.16. The van der Waals surface area contributed by atoms with Gasteiger partial charge in [0.1, 0.15) is 6.07 Å². The third-order valence-electron chi connectivity index (χ3n) is 6.90. The highest BCUT2D eigenvalue weighted by atomic mass is 15.0. The van der Waals surface area contributed by atoms with Crippen LogP contribution in [0.3, 0.4) is 0 Å². The second-order valence-electron chi connectivity index (χ2n) is 9.25. The summed E-state index contributed by atoms with van der Waals surface area (Å²) in [5.41, 5.74) is 6.07. The van der Waals surface area contributed by atoms with Crippen molar-refractivity contribution in [1.82, 2.24) is 19.5 Å². The Morgan fingerprint density at radius 2 is 0.949 bits per heavy atom. The average molecular weight is 500 g/mol. The van der Waals surface area contributed by atoms with Gasteiger partial charge in [-0.25, -0.2) is 15.0 Å². The number of rotatable bonds is 4. The van der Waals surface area contributed by atoms with E-state index in [0.29, 0.717) is 23.0 Å². The maximum absolute atomic E-state index is 10.1.